The number of thioether (sulfide) groups is 1. The molecule has 0 saturated carbocycles. The average Bonchev–Trinajstić information content (AvgIpc) is 2.23. The molecule has 14 heavy (non-hydrogen) atoms. The Morgan fingerprint density at radius 1 is 1.29 bits per heavy atom. The van der Waals surface area contributed by atoms with Crippen LogP contribution in [0.4, 0.5) is 0 Å². The van der Waals surface area contributed by atoms with Crippen molar-refractivity contribution in [3.05, 3.63) is 17.8 Å². The predicted octanol–water partition coefficient (Wildman–Crippen LogP) is 1.63. The number of hydrogen-bond acceptors (Lipinski definition) is 4. The summed E-state index contributed by atoms with van der Waals surface area (Å²) in [4.78, 5) is 0. The van der Waals surface area contributed by atoms with E-state index < -0.39 is 0 Å². The van der Waals surface area contributed by atoms with Crippen molar-refractivity contribution in [3.63, 3.8) is 0 Å². The van der Waals surface area contributed by atoms with Crippen molar-refractivity contribution < 1.29 is 0 Å². The second kappa shape index (κ2) is 4.75. The molecule has 0 radical (unpaired) electrons. The molecule has 76 valence electrons. The van der Waals surface area contributed by atoms with Crippen molar-refractivity contribution in [2.24, 2.45) is 0 Å². The number of nitrogens with zero attached hydrogens (tertiary/aromatic N) is 2. The van der Waals surface area contributed by atoms with Crippen molar-refractivity contribution in [2.45, 2.75) is 30.0 Å². The first kappa shape index (κ1) is 9.93. The van der Waals surface area contributed by atoms with Gasteiger partial charge in [0, 0.05) is 5.25 Å². The largest absolute Gasteiger partial charge is 0.317 e. The second-order valence-electron chi connectivity index (χ2n) is 3.58. The van der Waals surface area contributed by atoms with Crippen LogP contribution in [-0.2, 0) is 0 Å². The third-order valence-electron chi connectivity index (χ3n) is 2.35. The summed E-state index contributed by atoms with van der Waals surface area (Å²) in [6.07, 6.45) is 2.47. The molecule has 2 heterocycles. The molecule has 0 unspecified atom stereocenters. The van der Waals surface area contributed by atoms with E-state index in [1.165, 1.54) is 12.8 Å². The van der Waals surface area contributed by atoms with Crippen molar-refractivity contribution in [1.29, 1.82) is 0 Å². The van der Waals surface area contributed by atoms with E-state index in [1.54, 1.807) is 0 Å². The molecule has 4 heteroatoms. The zero-order valence-electron chi connectivity index (χ0n) is 8.36. The second-order valence-corrected chi connectivity index (χ2v) is 4.90. The van der Waals surface area contributed by atoms with Gasteiger partial charge in [0.1, 0.15) is 5.03 Å². The highest BCUT2D eigenvalue weighted by molar-refractivity contribution is 7.99. The molecule has 0 aromatic carbocycles. The molecule has 0 aliphatic carbocycles. The molecule has 0 amide bonds. The van der Waals surface area contributed by atoms with Gasteiger partial charge in [0.2, 0.25) is 0 Å². The standard InChI is InChI=1S/C10H15N3S/c1-8-2-3-10(13-12-8)14-9-4-6-11-7-5-9/h2-3,9,11H,4-7H2,1H3. The topological polar surface area (TPSA) is 37.8 Å². The summed E-state index contributed by atoms with van der Waals surface area (Å²) in [5, 5.41) is 13.4. The fourth-order valence-corrected chi connectivity index (χ4v) is 2.58. The molecule has 1 aromatic heterocycles. The van der Waals surface area contributed by atoms with Crippen LogP contribution >= 0.6 is 11.8 Å². The van der Waals surface area contributed by atoms with Crippen LogP contribution in [0, 0.1) is 6.92 Å². The van der Waals surface area contributed by atoms with Crippen LogP contribution in [0.15, 0.2) is 17.2 Å². The van der Waals surface area contributed by atoms with Gasteiger partial charge in [-0.15, -0.1) is 16.9 Å². The number of aryl methyl sites for hydroxylation is 1. The van der Waals surface area contributed by atoms with Crippen LogP contribution in [0.5, 0.6) is 0 Å². The van der Waals surface area contributed by atoms with Crippen LogP contribution in [0.25, 0.3) is 0 Å². The van der Waals surface area contributed by atoms with E-state index in [-0.39, 0.29) is 0 Å². The van der Waals surface area contributed by atoms with Crippen LogP contribution in [0.3, 0.4) is 0 Å². The van der Waals surface area contributed by atoms with Gasteiger partial charge < -0.3 is 5.32 Å². The van der Waals surface area contributed by atoms with Gasteiger partial charge in [-0.1, -0.05) is 0 Å². The van der Waals surface area contributed by atoms with Gasteiger partial charge >= 0.3 is 0 Å². The van der Waals surface area contributed by atoms with Crippen LogP contribution in [0.2, 0.25) is 0 Å². The summed E-state index contributed by atoms with van der Waals surface area (Å²) >= 11 is 1.86. The molecule has 1 aliphatic heterocycles. The van der Waals surface area contributed by atoms with Gasteiger partial charge in [0.15, 0.2) is 0 Å². The third kappa shape index (κ3) is 2.69. The first-order valence-corrected chi connectivity index (χ1v) is 5.90. The Balaban J connectivity index is 1.92. The molecule has 2 rings (SSSR count). The van der Waals surface area contributed by atoms with E-state index in [4.69, 9.17) is 0 Å². The van der Waals surface area contributed by atoms with E-state index >= 15 is 0 Å². The van der Waals surface area contributed by atoms with Crippen molar-refractivity contribution in [1.82, 2.24) is 15.5 Å². The summed E-state index contributed by atoms with van der Waals surface area (Å²) < 4.78 is 0. The monoisotopic (exact) mass is 209 g/mol. The van der Waals surface area contributed by atoms with Gasteiger partial charge in [-0.3, -0.25) is 0 Å². The van der Waals surface area contributed by atoms with Crippen LogP contribution in [0.1, 0.15) is 18.5 Å². The Morgan fingerprint density at radius 3 is 2.71 bits per heavy atom. The molecule has 3 nitrogen and oxygen atoms in total. The first-order chi connectivity index (χ1) is 6.84. The fourth-order valence-electron chi connectivity index (χ4n) is 1.53. The maximum absolute atomic E-state index is 4.16. The lowest BCUT2D eigenvalue weighted by Crippen LogP contribution is -2.29. The summed E-state index contributed by atoms with van der Waals surface area (Å²) in [5.41, 5.74) is 0.986. The molecule has 1 saturated heterocycles. The number of aromatic nitrogens is 2. The third-order valence-corrected chi connectivity index (χ3v) is 3.61. The predicted molar refractivity (Wildman–Crippen MR) is 58.5 cm³/mol. The number of nitrogens with one attached hydrogen (secondary N) is 1. The number of piperidine rings is 1. The fraction of sp³-hybridized carbons (Fsp3) is 0.600. The Kier molecular flexibility index (Phi) is 3.37. The van der Waals surface area contributed by atoms with Gasteiger partial charge in [-0.05, 0) is 45.0 Å². The maximum Gasteiger partial charge on any atom is 0.119 e. The minimum atomic E-state index is 0.716. The molecule has 0 atom stereocenters. The molecule has 0 spiro atoms. The van der Waals surface area contributed by atoms with E-state index in [0.29, 0.717) is 5.25 Å². The highest BCUT2D eigenvalue weighted by atomic mass is 32.2. The lowest BCUT2D eigenvalue weighted by molar-refractivity contribution is 0.531. The Labute approximate surface area is 88.7 Å². The Hall–Kier alpha value is -0.610. The van der Waals surface area contributed by atoms with Crippen molar-refractivity contribution in [3.8, 4) is 0 Å². The number of rotatable bonds is 2. The molecular formula is C10H15N3S. The zero-order valence-corrected chi connectivity index (χ0v) is 9.18. The van der Waals surface area contributed by atoms with E-state index in [1.807, 2.05) is 24.8 Å². The molecular weight excluding hydrogens is 194 g/mol. The summed E-state index contributed by atoms with van der Waals surface area (Å²) in [6, 6.07) is 4.09. The smallest absolute Gasteiger partial charge is 0.119 e. The SMILES string of the molecule is Cc1ccc(SC2CCNCC2)nn1. The van der Waals surface area contributed by atoms with E-state index in [2.05, 4.69) is 21.6 Å². The Bertz CT molecular complexity index is 280. The minimum Gasteiger partial charge on any atom is -0.317 e. The van der Waals surface area contributed by atoms with Gasteiger partial charge in [0.25, 0.3) is 0 Å². The normalized spacial score (nSPS) is 18.4. The van der Waals surface area contributed by atoms with Gasteiger partial charge in [-0.25, -0.2) is 0 Å². The Morgan fingerprint density at radius 2 is 2.07 bits per heavy atom. The summed E-state index contributed by atoms with van der Waals surface area (Å²) in [5.74, 6) is 0. The van der Waals surface area contributed by atoms with Gasteiger partial charge in [0.05, 0.1) is 5.69 Å². The van der Waals surface area contributed by atoms with E-state index in [9.17, 15) is 0 Å². The highest BCUT2D eigenvalue weighted by Gasteiger charge is 2.14. The lowest BCUT2D eigenvalue weighted by Gasteiger charge is -2.21. The molecule has 1 aromatic rings. The molecule has 1 fully saturated rings. The van der Waals surface area contributed by atoms with Crippen LogP contribution < -0.4 is 5.32 Å². The number of hydrogen-bond donors (Lipinski definition) is 1. The summed E-state index contributed by atoms with van der Waals surface area (Å²) in [6.45, 7) is 4.24. The van der Waals surface area contributed by atoms with Gasteiger partial charge in [-0.2, -0.15) is 5.10 Å². The average molecular weight is 209 g/mol. The molecule has 1 aliphatic rings. The summed E-state index contributed by atoms with van der Waals surface area (Å²) in [7, 11) is 0. The molecule has 0 bridgehead atoms. The minimum absolute atomic E-state index is 0.716. The maximum atomic E-state index is 4.16. The van der Waals surface area contributed by atoms with Crippen LogP contribution in [-0.4, -0.2) is 28.5 Å². The van der Waals surface area contributed by atoms with Crippen molar-refractivity contribution in [2.75, 3.05) is 13.1 Å². The highest BCUT2D eigenvalue weighted by Crippen LogP contribution is 2.26. The van der Waals surface area contributed by atoms with Crippen molar-refractivity contribution >= 4 is 11.8 Å². The molecule has 1 N–H and O–H groups in total. The van der Waals surface area contributed by atoms with E-state index in [0.717, 1.165) is 23.8 Å². The lowest BCUT2D eigenvalue weighted by atomic mass is 10.2. The quantitative estimate of drug-likeness (QED) is 0.803. The zero-order chi connectivity index (χ0) is 9.80. The first-order valence-electron chi connectivity index (χ1n) is 5.02.